The van der Waals surface area contributed by atoms with Gasteiger partial charge in [0.2, 0.25) is 5.95 Å². The molecule has 0 amide bonds. The third-order valence-corrected chi connectivity index (χ3v) is 4.12. The summed E-state index contributed by atoms with van der Waals surface area (Å²) < 4.78 is 12.5. The first-order valence-corrected chi connectivity index (χ1v) is 8.09. The average molecular weight is 332 g/mol. The van der Waals surface area contributed by atoms with Gasteiger partial charge in [0.15, 0.2) is 0 Å². The van der Waals surface area contributed by atoms with Gasteiger partial charge in [-0.15, -0.1) is 0 Å². The molecule has 3 heterocycles. The van der Waals surface area contributed by atoms with Crippen LogP contribution in [-0.4, -0.2) is 53.2 Å². The van der Waals surface area contributed by atoms with E-state index < -0.39 is 0 Å². The van der Waals surface area contributed by atoms with Crippen LogP contribution in [0.25, 0.3) is 0 Å². The molecule has 0 spiro atoms. The van der Waals surface area contributed by atoms with Crippen molar-refractivity contribution in [1.82, 2.24) is 19.7 Å². The maximum Gasteiger partial charge on any atom is 0.222 e. The van der Waals surface area contributed by atoms with E-state index in [1.54, 1.807) is 11.8 Å². The standard InChI is InChI=1S/C16H24N6O2/c1-21-9-12(8-18-21)10-22(4-6-23-2)15-7-14(19-16(17)20-15)13-3-5-24-11-13/h7-9,13H,3-6,10-11H2,1-2H3,(H2,17,19,20). The SMILES string of the molecule is COCCN(Cc1cnn(C)c1)c1cc(C2CCOC2)nc(N)n1. The van der Waals surface area contributed by atoms with E-state index in [9.17, 15) is 0 Å². The second-order valence-electron chi connectivity index (χ2n) is 6.01. The lowest BCUT2D eigenvalue weighted by Gasteiger charge is -2.24. The highest BCUT2D eigenvalue weighted by molar-refractivity contribution is 5.45. The molecule has 0 aromatic carbocycles. The average Bonchev–Trinajstić information content (AvgIpc) is 3.22. The van der Waals surface area contributed by atoms with E-state index in [0.717, 1.165) is 30.1 Å². The fourth-order valence-electron chi connectivity index (χ4n) is 2.86. The Kier molecular flexibility index (Phi) is 5.27. The van der Waals surface area contributed by atoms with Crippen LogP contribution in [0.4, 0.5) is 11.8 Å². The molecule has 1 aliphatic heterocycles. The number of hydrogen-bond donors (Lipinski definition) is 1. The summed E-state index contributed by atoms with van der Waals surface area (Å²) in [7, 11) is 3.60. The molecule has 8 nitrogen and oxygen atoms in total. The molecule has 1 atom stereocenters. The number of aryl methyl sites for hydroxylation is 1. The fourth-order valence-corrected chi connectivity index (χ4v) is 2.86. The zero-order valence-electron chi connectivity index (χ0n) is 14.2. The molecule has 8 heteroatoms. The van der Waals surface area contributed by atoms with Crippen LogP contribution in [0.15, 0.2) is 18.5 Å². The first-order valence-electron chi connectivity index (χ1n) is 8.09. The molecule has 2 N–H and O–H groups in total. The van der Waals surface area contributed by atoms with Gasteiger partial charge in [0.25, 0.3) is 0 Å². The van der Waals surface area contributed by atoms with Crippen LogP contribution in [-0.2, 0) is 23.1 Å². The van der Waals surface area contributed by atoms with Crippen LogP contribution in [0.5, 0.6) is 0 Å². The van der Waals surface area contributed by atoms with Crippen molar-refractivity contribution < 1.29 is 9.47 Å². The predicted molar refractivity (Wildman–Crippen MR) is 90.8 cm³/mol. The Labute approximate surface area is 141 Å². The number of methoxy groups -OCH3 is 1. The minimum absolute atomic E-state index is 0.289. The van der Waals surface area contributed by atoms with Gasteiger partial charge in [-0.1, -0.05) is 0 Å². The van der Waals surface area contributed by atoms with Gasteiger partial charge < -0.3 is 20.1 Å². The van der Waals surface area contributed by atoms with Gasteiger partial charge in [-0.25, -0.2) is 4.98 Å². The quantitative estimate of drug-likeness (QED) is 0.807. The van der Waals surface area contributed by atoms with Crippen molar-refractivity contribution in [3.63, 3.8) is 0 Å². The van der Waals surface area contributed by atoms with Gasteiger partial charge in [-0.2, -0.15) is 10.1 Å². The van der Waals surface area contributed by atoms with Crippen molar-refractivity contribution in [2.45, 2.75) is 18.9 Å². The first-order chi connectivity index (χ1) is 11.7. The monoisotopic (exact) mass is 332 g/mol. The Morgan fingerprint density at radius 2 is 2.33 bits per heavy atom. The third-order valence-electron chi connectivity index (χ3n) is 4.12. The Balaban J connectivity index is 1.85. The second-order valence-corrected chi connectivity index (χ2v) is 6.01. The third kappa shape index (κ3) is 4.01. The van der Waals surface area contributed by atoms with Crippen molar-refractivity contribution in [2.24, 2.45) is 7.05 Å². The molecule has 3 rings (SSSR count). The molecule has 1 unspecified atom stereocenters. The van der Waals surface area contributed by atoms with E-state index in [-0.39, 0.29) is 5.92 Å². The lowest BCUT2D eigenvalue weighted by atomic mass is 10.0. The summed E-state index contributed by atoms with van der Waals surface area (Å²) in [5, 5.41) is 4.23. The second kappa shape index (κ2) is 7.59. The van der Waals surface area contributed by atoms with Crippen LogP contribution in [0.1, 0.15) is 23.6 Å². The fraction of sp³-hybridized carbons (Fsp3) is 0.562. The van der Waals surface area contributed by atoms with Crippen LogP contribution < -0.4 is 10.6 Å². The molecule has 2 aromatic rings. The van der Waals surface area contributed by atoms with E-state index in [2.05, 4.69) is 20.0 Å². The molecule has 130 valence electrons. The summed E-state index contributed by atoms with van der Waals surface area (Å²) in [5.41, 5.74) is 8.01. The maximum atomic E-state index is 5.95. The van der Waals surface area contributed by atoms with Crippen molar-refractivity contribution >= 4 is 11.8 Å². The summed E-state index contributed by atoms with van der Waals surface area (Å²) in [5.74, 6) is 1.39. The topological polar surface area (TPSA) is 91.3 Å². The Morgan fingerprint density at radius 1 is 1.46 bits per heavy atom. The van der Waals surface area contributed by atoms with Crippen molar-refractivity contribution in [3.8, 4) is 0 Å². The normalized spacial score (nSPS) is 17.3. The van der Waals surface area contributed by atoms with Crippen molar-refractivity contribution in [2.75, 3.05) is 44.1 Å². The molecule has 2 aromatic heterocycles. The number of hydrogen-bond acceptors (Lipinski definition) is 7. The molecule has 0 saturated carbocycles. The predicted octanol–water partition coefficient (Wildman–Crippen LogP) is 0.949. The van der Waals surface area contributed by atoms with Gasteiger partial charge >= 0.3 is 0 Å². The zero-order chi connectivity index (χ0) is 16.9. The van der Waals surface area contributed by atoms with Crippen LogP contribution in [0.3, 0.4) is 0 Å². The number of aromatic nitrogens is 4. The van der Waals surface area contributed by atoms with E-state index in [1.165, 1.54) is 0 Å². The van der Waals surface area contributed by atoms with Crippen LogP contribution in [0.2, 0.25) is 0 Å². The summed E-state index contributed by atoms with van der Waals surface area (Å²) in [6.45, 7) is 3.46. The lowest BCUT2D eigenvalue weighted by Crippen LogP contribution is -2.28. The minimum Gasteiger partial charge on any atom is -0.383 e. The van der Waals surface area contributed by atoms with Crippen molar-refractivity contribution in [3.05, 3.63) is 29.7 Å². The molecule has 0 aliphatic carbocycles. The van der Waals surface area contributed by atoms with Gasteiger partial charge in [0, 0.05) is 57.6 Å². The molecule has 24 heavy (non-hydrogen) atoms. The Morgan fingerprint density at radius 3 is 3.00 bits per heavy atom. The van der Waals surface area contributed by atoms with Gasteiger partial charge in [0.1, 0.15) is 5.82 Å². The minimum atomic E-state index is 0.289. The number of nitrogen functional groups attached to an aromatic ring is 1. The van der Waals surface area contributed by atoms with Crippen molar-refractivity contribution in [1.29, 1.82) is 0 Å². The summed E-state index contributed by atoms with van der Waals surface area (Å²) >= 11 is 0. The Hall–Kier alpha value is -2.19. The molecule has 1 aliphatic rings. The highest BCUT2D eigenvalue weighted by Gasteiger charge is 2.22. The van der Waals surface area contributed by atoms with E-state index in [4.69, 9.17) is 15.2 Å². The van der Waals surface area contributed by atoms with Crippen LogP contribution in [0, 0.1) is 0 Å². The molecule has 0 radical (unpaired) electrons. The zero-order valence-corrected chi connectivity index (χ0v) is 14.2. The van der Waals surface area contributed by atoms with Gasteiger partial charge in [0.05, 0.1) is 25.1 Å². The number of ether oxygens (including phenoxy) is 2. The maximum absolute atomic E-state index is 5.95. The Bertz CT molecular complexity index is 668. The first kappa shape index (κ1) is 16.7. The number of nitrogens with two attached hydrogens (primary N) is 1. The largest absolute Gasteiger partial charge is 0.383 e. The summed E-state index contributed by atoms with van der Waals surface area (Å²) in [4.78, 5) is 11.0. The highest BCUT2D eigenvalue weighted by atomic mass is 16.5. The molecule has 1 saturated heterocycles. The number of nitrogens with zero attached hydrogens (tertiary/aromatic N) is 5. The smallest absolute Gasteiger partial charge is 0.222 e. The molecular weight excluding hydrogens is 308 g/mol. The summed E-state index contributed by atoms with van der Waals surface area (Å²) in [6, 6.07) is 2.02. The lowest BCUT2D eigenvalue weighted by molar-refractivity contribution is 0.193. The van der Waals surface area contributed by atoms with Gasteiger partial charge in [-0.3, -0.25) is 4.68 Å². The van der Waals surface area contributed by atoms with Crippen LogP contribution >= 0.6 is 0 Å². The highest BCUT2D eigenvalue weighted by Crippen LogP contribution is 2.27. The van der Waals surface area contributed by atoms with E-state index >= 15 is 0 Å². The molecule has 0 bridgehead atoms. The van der Waals surface area contributed by atoms with E-state index in [0.29, 0.717) is 32.3 Å². The number of rotatable bonds is 7. The number of anilines is 2. The van der Waals surface area contributed by atoms with E-state index in [1.807, 2.05) is 25.5 Å². The molecular formula is C16H24N6O2. The molecule has 1 fully saturated rings. The van der Waals surface area contributed by atoms with Gasteiger partial charge in [-0.05, 0) is 6.42 Å². The summed E-state index contributed by atoms with van der Waals surface area (Å²) in [6.07, 6.45) is 4.82.